The number of cyclic esters (lactones) is 1. The largest absolute Gasteiger partial charge is 0.477 e. The Labute approximate surface area is 454 Å². The molecule has 0 amide bonds. The number of carbonyl (C=O) groups excluding carboxylic acids is 2. The lowest BCUT2D eigenvalue weighted by Gasteiger charge is -2.50. The molecular formula is C55H88N2O19S. The molecule has 22 heteroatoms. The van der Waals surface area contributed by atoms with Crippen LogP contribution in [0.1, 0.15) is 124 Å². The smallest absolute Gasteiger partial charge is 0.341 e. The zero-order chi connectivity index (χ0) is 57.7. The van der Waals surface area contributed by atoms with E-state index in [2.05, 4.69) is 0 Å². The number of fused-ring (bicyclic) bond motifs is 1. The monoisotopic (exact) mass is 1110 g/mol. The molecule has 18 atom stereocenters. The van der Waals surface area contributed by atoms with E-state index >= 15 is 0 Å². The number of Topliss-reactive ketones (excluding diaryl/α,β-unsaturated/α-hetero) is 1. The van der Waals surface area contributed by atoms with Crippen LogP contribution in [0.2, 0.25) is 0 Å². The number of aliphatic hydroxyl groups excluding tert-OH is 2. The van der Waals surface area contributed by atoms with E-state index in [4.69, 9.17) is 42.1 Å². The number of pyridine rings is 1. The van der Waals surface area contributed by atoms with Crippen LogP contribution in [0.25, 0.3) is 10.9 Å². The first-order chi connectivity index (χ1) is 35.9. The number of likely N-dealkylation sites (N-methyl/N-ethyl adjacent to an activating group) is 1. The highest BCUT2D eigenvalue weighted by molar-refractivity contribution is 7.86. The summed E-state index contributed by atoms with van der Waals surface area (Å²) in [6.07, 6.45) is -8.37. The number of ether oxygens (including phenoxy) is 8. The van der Waals surface area contributed by atoms with Crippen LogP contribution in [0, 0.1) is 23.7 Å². The molecule has 4 heterocycles. The average Bonchev–Trinajstić information content (AvgIpc) is 3.37. The van der Waals surface area contributed by atoms with Gasteiger partial charge in [-0.1, -0.05) is 33.8 Å². The fourth-order valence-corrected chi connectivity index (χ4v) is 12.7. The molecule has 21 nitrogen and oxygen atoms in total. The second-order valence-corrected chi connectivity index (χ2v) is 24.2. The molecule has 438 valence electrons. The number of carbonyl (C=O) groups is 3. The standard InChI is InChI=1S/C55H88N2O19S/c1-16-41-55(11,65)47(61)32(5)43(58)30(3)27-53(9,68-14)48(75-52-45(60)40(56(12)13)25-31(4)71-52)33(6)46(34(7)51(64)73-41)74-42-28-54(10,69-15)49(35(8)72-42)76-77(66,67)24-23-70-22-18-19-36-20-21-39-37(26-36)44(59)38(50(62)63)29-57(39)17-2/h20-21,26,29-35,40-42,45-49,52,60-61,65H,16-19,22-25,27-28H2,1-15H3,(H,62,63)/t30-,31-,32-,33+,34-,35+,40+,41-,42+,45-,46+,47-,48-,49+,52+,53-,54-,55-/m1/s1. The highest BCUT2D eigenvalue weighted by Gasteiger charge is 2.55. The number of aliphatic hydroxyl groups is 3. The van der Waals surface area contributed by atoms with Crippen molar-refractivity contribution in [1.82, 2.24) is 9.47 Å². The highest BCUT2D eigenvalue weighted by atomic mass is 32.2. The van der Waals surface area contributed by atoms with Gasteiger partial charge in [0.1, 0.15) is 35.3 Å². The third-order valence-electron chi connectivity index (χ3n) is 16.4. The van der Waals surface area contributed by atoms with Crippen molar-refractivity contribution >= 4 is 38.7 Å². The Balaban J connectivity index is 1.37. The number of carboxylic acids is 1. The number of ketones is 1. The van der Waals surface area contributed by atoms with E-state index in [9.17, 15) is 48.0 Å². The molecule has 77 heavy (non-hydrogen) atoms. The molecule has 3 saturated heterocycles. The van der Waals surface area contributed by atoms with Gasteiger partial charge in [-0.25, -0.2) is 4.79 Å². The maximum absolute atomic E-state index is 14.6. The Bertz CT molecular complexity index is 2500. The van der Waals surface area contributed by atoms with Crippen LogP contribution in [0.3, 0.4) is 0 Å². The average molecular weight is 1110 g/mol. The molecule has 1 aromatic heterocycles. The minimum Gasteiger partial charge on any atom is -0.477 e. The third kappa shape index (κ3) is 14.7. The van der Waals surface area contributed by atoms with Crippen LogP contribution in [0.15, 0.2) is 29.2 Å². The number of hydrogen-bond acceptors (Lipinski definition) is 19. The SMILES string of the molecule is CC[C@H]1OC(=O)[C@H](C)[C@@H](O[C@H]2C[C@@](C)(OC)[C@@H](OS(=O)(=O)CCOCCCc3ccc4c(c3)c(=O)c(C(=O)O)cn4CC)[C@H](C)O2)[C@H](C)[C@@H](O[C@@H]2O[C@H](C)C[C@H](N(C)C)[C@H]2O)[C@](C)(OC)C[C@@H](C)C(=O)[C@@H](C)[C@@H](O)[C@]1(C)O. The Morgan fingerprint density at radius 3 is 2.14 bits per heavy atom. The Morgan fingerprint density at radius 1 is 0.896 bits per heavy atom. The summed E-state index contributed by atoms with van der Waals surface area (Å²) in [7, 11) is 2.30. The molecule has 5 rings (SSSR count). The molecule has 3 aliphatic rings. The third-order valence-corrected chi connectivity index (χ3v) is 17.6. The van der Waals surface area contributed by atoms with E-state index in [0.29, 0.717) is 36.7 Å². The van der Waals surface area contributed by atoms with E-state index in [1.165, 1.54) is 34.3 Å². The lowest BCUT2D eigenvalue weighted by atomic mass is 9.74. The maximum atomic E-state index is 14.6. The van der Waals surface area contributed by atoms with E-state index in [-0.39, 0.29) is 56.0 Å². The number of aromatic nitrogens is 1. The van der Waals surface area contributed by atoms with Gasteiger partial charge in [0.25, 0.3) is 10.1 Å². The lowest BCUT2D eigenvalue weighted by Crippen LogP contribution is -2.61. The van der Waals surface area contributed by atoms with Crippen LogP contribution in [0.4, 0.5) is 0 Å². The summed E-state index contributed by atoms with van der Waals surface area (Å²) >= 11 is 0. The predicted molar refractivity (Wildman–Crippen MR) is 284 cm³/mol. The Hall–Kier alpha value is -3.49. The number of methoxy groups -OCH3 is 2. The van der Waals surface area contributed by atoms with Gasteiger partial charge in [0.05, 0.1) is 65.5 Å². The number of esters is 1. The zero-order valence-electron chi connectivity index (χ0n) is 47.8. The normalized spacial score (nSPS) is 37.2. The van der Waals surface area contributed by atoms with Gasteiger partial charge >= 0.3 is 11.9 Å². The van der Waals surface area contributed by atoms with Gasteiger partial charge in [0, 0.05) is 69.2 Å². The fraction of sp³-hybridized carbons (Fsp3) is 0.782. The van der Waals surface area contributed by atoms with E-state index in [1.807, 2.05) is 38.9 Å². The molecule has 3 fully saturated rings. The van der Waals surface area contributed by atoms with Gasteiger partial charge in [-0.15, -0.1) is 0 Å². The van der Waals surface area contributed by atoms with Crippen molar-refractivity contribution in [3.63, 3.8) is 0 Å². The fourth-order valence-electron chi connectivity index (χ4n) is 11.6. The molecule has 0 saturated carbocycles. The van der Waals surface area contributed by atoms with Crippen molar-refractivity contribution in [3.8, 4) is 0 Å². The molecule has 3 aliphatic heterocycles. The zero-order valence-corrected chi connectivity index (χ0v) is 48.6. The number of carboxylic acid groups (broad SMARTS) is 1. The minimum atomic E-state index is -4.27. The predicted octanol–water partition coefficient (Wildman–Crippen LogP) is 4.48. The van der Waals surface area contributed by atoms with Gasteiger partial charge < -0.3 is 67.8 Å². The molecule has 0 spiro atoms. The molecule has 4 N–H and O–H groups in total. The molecular weight excluding hydrogens is 1020 g/mol. The minimum absolute atomic E-state index is 0.0267. The van der Waals surface area contributed by atoms with Crippen LogP contribution in [-0.2, 0) is 74.8 Å². The summed E-state index contributed by atoms with van der Waals surface area (Å²) in [4.78, 5) is 55.4. The maximum Gasteiger partial charge on any atom is 0.341 e. The number of benzene rings is 1. The molecule has 2 aromatic rings. The molecule has 0 bridgehead atoms. The van der Waals surface area contributed by atoms with E-state index in [0.717, 1.165) is 5.56 Å². The molecule has 0 aliphatic carbocycles. The van der Waals surface area contributed by atoms with Crippen LogP contribution < -0.4 is 5.43 Å². The van der Waals surface area contributed by atoms with Crippen molar-refractivity contribution in [2.75, 3.05) is 47.3 Å². The summed E-state index contributed by atoms with van der Waals surface area (Å²) in [5.74, 6) is -6.86. The summed E-state index contributed by atoms with van der Waals surface area (Å²) in [5, 5.41) is 45.1. The molecule has 0 radical (unpaired) electrons. The van der Waals surface area contributed by atoms with Crippen molar-refractivity contribution < 1.29 is 85.3 Å². The van der Waals surface area contributed by atoms with Gasteiger partial charge in [0.15, 0.2) is 12.6 Å². The first-order valence-electron chi connectivity index (χ1n) is 27.0. The summed E-state index contributed by atoms with van der Waals surface area (Å²) in [5.41, 5.74) is -4.25. The van der Waals surface area contributed by atoms with Crippen LogP contribution in [-0.4, -0.2) is 188 Å². The van der Waals surface area contributed by atoms with Crippen molar-refractivity contribution in [2.24, 2.45) is 23.7 Å². The Kier molecular flexibility index (Phi) is 22.1. The van der Waals surface area contributed by atoms with Gasteiger partial charge in [-0.3, -0.25) is 18.6 Å². The number of rotatable bonds is 19. The molecule has 0 unspecified atom stereocenters. The number of aryl methyl sites for hydroxylation is 2. The number of aromatic carboxylic acids is 1. The summed E-state index contributed by atoms with van der Waals surface area (Å²) < 4.78 is 85.4. The van der Waals surface area contributed by atoms with Crippen molar-refractivity contribution in [1.29, 1.82) is 0 Å². The van der Waals surface area contributed by atoms with Crippen molar-refractivity contribution in [2.45, 2.75) is 205 Å². The quantitative estimate of drug-likeness (QED) is 0.0858. The molecule has 1 aromatic carbocycles. The Morgan fingerprint density at radius 2 is 1.55 bits per heavy atom. The van der Waals surface area contributed by atoms with Crippen molar-refractivity contribution in [3.05, 3.63) is 45.7 Å². The van der Waals surface area contributed by atoms with Crippen LogP contribution in [0.5, 0.6) is 0 Å². The van der Waals surface area contributed by atoms with E-state index in [1.54, 1.807) is 65.2 Å². The second-order valence-electron chi connectivity index (χ2n) is 22.5. The lowest BCUT2D eigenvalue weighted by molar-refractivity contribution is -0.317. The topological polar surface area (TPSA) is 275 Å². The number of hydrogen-bond donors (Lipinski definition) is 4. The van der Waals surface area contributed by atoms with Gasteiger partial charge in [0.2, 0.25) is 5.43 Å². The highest BCUT2D eigenvalue weighted by Crippen LogP contribution is 2.42. The van der Waals surface area contributed by atoms with E-state index < -0.39 is 129 Å². The first kappa shape index (κ1) is 64.3. The second kappa shape index (κ2) is 26.4. The summed E-state index contributed by atoms with van der Waals surface area (Å²) in [6.45, 7) is 18.8. The van der Waals surface area contributed by atoms with Gasteiger partial charge in [-0.2, -0.15) is 8.42 Å². The number of nitrogens with zero attached hydrogens (tertiary/aromatic N) is 2. The van der Waals surface area contributed by atoms with Crippen LogP contribution >= 0.6 is 0 Å². The van der Waals surface area contributed by atoms with Gasteiger partial charge in [-0.05, 0) is 112 Å². The summed E-state index contributed by atoms with van der Waals surface area (Å²) in [6, 6.07) is 4.95. The first-order valence-corrected chi connectivity index (χ1v) is 28.6.